The second-order valence-corrected chi connectivity index (χ2v) is 5.88. The number of urea groups is 1. The minimum absolute atomic E-state index is 0.0274. The topological polar surface area (TPSA) is 91.2 Å². The first-order valence-electron chi connectivity index (χ1n) is 8.04. The standard InChI is InChI=1S/C18H25N3O4/c1-5-12-25-18(23)19-17(22)21(11-10-13(2)3)16-8-6-15(7-9-16)14(4)20-24/h5-9,13,24H,1,10-12H2,2-4H3,(H,19,22,23). The molecule has 0 aromatic heterocycles. The Morgan fingerprint density at radius 3 is 2.52 bits per heavy atom. The predicted octanol–water partition coefficient (Wildman–Crippen LogP) is 3.77. The Bertz CT molecular complexity index is 624. The number of amides is 3. The Kier molecular flexibility index (Phi) is 8.18. The third kappa shape index (κ3) is 6.66. The number of hydrogen-bond donors (Lipinski definition) is 2. The molecule has 1 aromatic rings. The van der Waals surface area contributed by atoms with Crippen molar-refractivity contribution in [3.63, 3.8) is 0 Å². The second-order valence-electron chi connectivity index (χ2n) is 5.88. The molecule has 0 spiro atoms. The van der Waals surface area contributed by atoms with Crippen LogP contribution >= 0.6 is 0 Å². The summed E-state index contributed by atoms with van der Waals surface area (Å²) < 4.78 is 4.78. The van der Waals surface area contributed by atoms with Crippen LogP contribution in [-0.2, 0) is 4.74 Å². The number of nitrogens with zero attached hydrogens (tertiary/aromatic N) is 2. The average Bonchev–Trinajstić information content (AvgIpc) is 2.59. The Hall–Kier alpha value is -2.83. The summed E-state index contributed by atoms with van der Waals surface area (Å²) in [5.41, 5.74) is 1.84. The highest BCUT2D eigenvalue weighted by Gasteiger charge is 2.19. The fourth-order valence-corrected chi connectivity index (χ4v) is 2.00. The number of benzene rings is 1. The van der Waals surface area contributed by atoms with Gasteiger partial charge in [0.15, 0.2) is 0 Å². The molecule has 0 atom stereocenters. The van der Waals surface area contributed by atoms with E-state index in [1.807, 2.05) is 0 Å². The molecule has 0 radical (unpaired) electrons. The van der Waals surface area contributed by atoms with E-state index in [0.717, 1.165) is 12.0 Å². The van der Waals surface area contributed by atoms with Crippen LogP contribution in [-0.4, -0.2) is 36.2 Å². The van der Waals surface area contributed by atoms with Gasteiger partial charge >= 0.3 is 12.1 Å². The molecule has 25 heavy (non-hydrogen) atoms. The maximum absolute atomic E-state index is 12.4. The Morgan fingerprint density at radius 2 is 2.00 bits per heavy atom. The molecule has 1 aromatic carbocycles. The highest BCUT2D eigenvalue weighted by Crippen LogP contribution is 2.18. The van der Waals surface area contributed by atoms with Crippen molar-refractivity contribution in [3.05, 3.63) is 42.5 Å². The first kappa shape index (κ1) is 20.2. The minimum atomic E-state index is -0.820. The monoisotopic (exact) mass is 347 g/mol. The van der Waals surface area contributed by atoms with Crippen molar-refractivity contribution in [2.75, 3.05) is 18.1 Å². The van der Waals surface area contributed by atoms with Crippen molar-refractivity contribution in [3.8, 4) is 0 Å². The van der Waals surface area contributed by atoms with Crippen LogP contribution in [0.3, 0.4) is 0 Å². The number of alkyl carbamates (subject to hydrolysis) is 1. The number of hydrogen-bond acceptors (Lipinski definition) is 5. The van der Waals surface area contributed by atoms with Crippen LogP contribution in [0, 0.1) is 5.92 Å². The van der Waals surface area contributed by atoms with Gasteiger partial charge in [-0.1, -0.05) is 43.8 Å². The lowest BCUT2D eigenvalue weighted by atomic mass is 10.1. The number of nitrogens with one attached hydrogen (secondary N) is 1. The summed E-state index contributed by atoms with van der Waals surface area (Å²) in [6.07, 6.45) is 1.37. The van der Waals surface area contributed by atoms with Crippen LogP contribution in [0.4, 0.5) is 15.3 Å². The number of oxime groups is 1. The summed E-state index contributed by atoms with van der Waals surface area (Å²) in [5, 5.41) is 14.2. The number of rotatable bonds is 7. The van der Waals surface area contributed by atoms with E-state index in [1.165, 1.54) is 11.0 Å². The predicted molar refractivity (Wildman–Crippen MR) is 97.3 cm³/mol. The highest BCUT2D eigenvalue weighted by atomic mass is 16.5. The van der Waals surface area contributed by atoms with Crippen LogP contribution in [0.15, 0.2) is 42.1 Å². The Balaban J connectivity index is 2.93. The molecule has 0 saturated carbocycles. The largest absolute Gasteiger partial charge is 0.445 e. The lowest BCUT2D eigenvalue weighted by molar-refractivity contribution is 0.159. The molecule has 0 unspecified atom stereocenters. The van der Waals surface area contributed by atoms with Gasteiger partial charge in [-0.15, -0.1) is 0 Å². The lowest BCUT2D eigenvalue weighted by Gasteiger charge is -2.23. The van der Waals surface area contributed by atoms with E-state index in [4.69, 9.17) is 9.94 Å². The molecular weight excluding hydrogens is 322 g/mol. The molecule has 2 N–H and O–H groups in total. The van der Waals surface area contributed by atoms with Gasteiger partial charge in [0, 0.05) is 12.2 Å². The molecule has 0 aliphatic heterocycles. The van der Waals surface area contributed by atoms with Gasteiger partial charge in [0.1, 0.15) is 6.61 Å². The quantitative estimate of drug-likeness (QED) is 0.340. The van der Waals surface area contributed by atoms with E-state index in [2.05, 4.69) is 30.9 Å². The molecule has 0 fully saturated rings. The van der Waals surface area contributed by atoms with E-state index in [9.17, 15) is 9.59 Å². The van der Waals surface area contributed by atoms with E-state index in [0.29, 0.717) is 23.9 Å². The van der Waals surface area contributed by atoms with E-state index in [1.54, 1.807) is 31.2 Å². The number of carbonyl (C=O) groups is 2. The Labute approximate surface area is 148 Å². The van der Waals surface area contributed by atoms with Crippen LogP contribution in [0.5, 0.6) is 0 Å². The first-order chi connectivity index (χ1) is 11.9. The van der Waals surface area contributed by atoms with Gasteiger partial charge in [-0.25, -0.2) is 14.9 Å². The van der Waals surface area contributed by atoms with Crippen LogP contribution in [0.2, 0.25) is 0 Å². The van der Waals surface area contributed by atoms with Crippen molar-refractivity contribution < 1.29 is 19.5 Å². The number of anilines is 1. The molecule has 136 valence electrons. The summed E-state index contributed by atoms with van der Waals surface area (Å²) in [6.45, 7) is 9.70. The maximum Gasteiger partial charge on any atom is 0.415 e. The molecule has 1 rings (SSSR count). The second kappa shape index (κ2) is 10.1. The van der Waals surface area contributed by atoms with Crippen molar-refractivity contribution in [1.29, 1.82) is 0 Å². The maximum atomic E-state index is 12.4. The molecule has 0 saturated heterocycles. The average molecular weight is 347 g/mol. The summed E-state index contributed by atoms with van der Waals surface area (Å²) in [6, 6.07) is 6.40. The van der Waals surface area contributed by atoms with E-state index in [-0.39, 0.29) is 6.61 Å². The fraction of sp³-hybridized carbons (Fsp3) is 0.389. The van der Waals surface area contributed by atoms with Gasteiger partial charge in [-0.2, -0.15) is 0 Å². The van der Waals surface area contributed by atoms with Crippen LogP contribution in [0.25, 0.3) is 0 Å². The normalized spacial score (nSPS) is 11.1. The molecule has 0 bridgehead atoms. The van der Waals surface area contributed by atoms with Crippen molar-refractivity contribution in [2.24, 2.45) is 11.1 Å². The summed E-state index contributed by atoms with van der Waals surface area (Å²) in [5.74, 6) is 0.394. The molecular formula is C18H25N3O4. The third-order valence-corrected chi connectivity index (χ3v) is 3.46. The Morgan fingerprint density at radius 1 is 1.36 bits per heavy atom. The van der Waals surface area contributed by atoms with Gasteiger partial charge < -0.3 is 9.94 Å². The molecule has 0 aliphatic rings. The summed E-state index contributed by atoms with van der Waals surface area (Å²) in [4.78, 5) is 25.5. The van der Waals surface area contributed by atoms with Gasteiger partial charge in [-0.05, 0) is 37.0 Å². The zero-order valence-electron chi connectivity index (χ0n) is 14.9. The van der Waals surface area contributed by atoms with Crippen molar-refractivity contribution >= 4 is 23.5 Å². The van der Waals surface area contributed by atoms with Gasteiger partial charge in [-0.3, -0.25) is 4.90 Å². The molecule has 3 amide bonds. The lowest BCUT2D eigenvalue weighted by Crippen LogP contribution is -2.44. The summed E-state index contributed by atoms with van der Waals surface area (Å²) >= 11 is 0. The van der Waals surface area contributed by atoms with Crippen molar-refractivity contribution in [1.82, 2.24) is 5.32 Å². The summed E-state index contributed by atoms with van der Waals surface area (Å²) in [7, 11) is 0. The van der Waals surface area contributed by atoms with Crippen molar-refractivity contribution in [2.45, 2.75) is 27.2 Å². The molecule has 7 heteroatoms. The highest BCUT2D eigenvalue weighted by molar-refractivity contribution is 6.02. The molecule has 7 nitrogen and oxygen atoms in total. The van der Waals surface area contributed by atoms with Gasteiger partial charge in [0.2, 0.25) is 0 Å². The zero-order valence-corrected chi connectivity index (χ0v) is 14.9. The van der Waals surface area contributed by atoms with E-state index >= 15 is 0 Å². The smallest absolute Gasteiger partial charge is 0.415 e. The van der Waals surface area contributed by atoms with Crippen LogP contribution in [0.1, 0.15) is 32.8 Å². The molecule has 0 heterocycles. The number of carbonyl (C=O) groups excluding carboxylic acids is 2. The molecule has 0 aliphatic carbocycles. The minimum Gasteiger partial charge on any atom is -0.445 e. The number of imide groups is 1. The van der Waals surface area contributed by atoms with Crippen LogP contribution < -0.4 is 10.2 Å². The van der Waals surface area contributed by atoms with E-state index < -0.39 is 12.1 Å². The number of ether oxygens (including phenoxy) is 1. The zero-order chi connectivity index (χ0) is 18.8. The van der Waals surface area contributed by atoms with Gasteiger partial charge in [0.05, 0.1) is 5.71 Å². The third-order valence-electron chi connectivity index (χ3n) is 3.46. The first-order valence-corrected chi connectivity index (χ1v) is 8.04. The fourth-order valence-electron chi connectivity index (χ4n) is 2.00. The van der Waals surface area contributed by atoms with Gasteiger partial charge in [0.25, 0.3) is 0 Å². The SMILES string of the molecule is C=CCOC(=O)NC(=O)N(CCC(C)C)c1ccc(C(C)=NO)cc1.